The Hall–Kier alpha value is -7.07. The van der Waals surface area contributed by atoms with Crippen molar-refractivity contribution in [3.63, 3.8) is 0 Å². The second-order valence-electron chi connectivity index (χ2n) is 20.9. The summed E-state index contributed by atoms with van der Waals surface area (Å²) in [6.45, 7) is 34.5. The lowest BCUT2D eigenvalue weighted by molar-refractivity contribution is -0.312. The molecule has 1 N–H and O–H groups in total. The third kappa shape index (κ3) is 28.1. The molecule has 1 heterocycles. The largest absolute Gasteiger partial charge is 0.464 e. The van der Waals surface area contributed by atoms with Crippen molar-refractivity contribution in [3.8, 4) is 0 Å². The van der Waals surface area contributed by atoms with Gasteiger partial charge in [0.15, 0.2) is 12.2 Å². The molecule has 1 aliphatic heterocycles. The van der Waals surface area contributed by atoms with E-state index < -0.39 is 83.9 Å². The summed E-state index contributed by atoms with van der Waals surface area (Å²) in [7, 11) is 0.837. The van der Waals surface area contributed by atoms with Crippen LogP contribution in [0.3, 0.4) is 0 Å². The van der Waals surface area contributed by atoms with E-state index in [-0.39, 0.29) is 91.4 Å². The third-order valence-electron chi connectivity index (χ3n) is 13.2. The fraction of sp³-hybridized carbons (Fsp3) is 0.650. The fourth-order valence-corrected chi connectivity index (χ4v) is 8.35. The van der Waals surface area contributed by atoms with Crippen LogP contribution in [0.5, 0.6) is 0 Å². The lowest BCUT2D eigenvalue weighted by atomic mass is 9.85. The number of alkyl halides is 10. The molecule has 0 spiro atoms. The van der Waals surface area contributed by atoms with Crippen LogP contribution in [0.25, 0.3) is 0 Å². The van der Waals surface area contributed by atoms with Gasteiger partial charge in [-0.2, -0.15) is 43.9 Å². The van der Waals surface area contributed by atoms with Gasteiger partial charge in [0.05, 0.1) is 26.2 Å². The standard InChI is InChI=1S/C14H24O2.C12H14O4.C11H16F2O4.C10H14F2O4.C7H6F6O2.C6H10O3/c1-4-14(16-13(15)12(2)3)10-8-6-5-7-9-11-14;1-5(2)11(13)15-9-6-3-7-8(4-6)12(14)16-10(7)9;1-5-8(17-9(14)7(3)4)11(12,13)10(15)16-6-2;1-5-7(16-8(13)6(2)3)10(11,12)9(14)15-4;1-3(2)4(14)15-5(6(8,9)10)7(11,12)13;1-5(2)6(8)9-4-3-7/h2,4-11H2,1,3H3;6-10H,1,3-4H2,2H3;8H,3,5-6H2,1-2,4H3;7H,2,5H2,1,3-4H3;5H,1H2,2H3;7H,1,3-4H2,2H3. The van der Waals surface area contributed by atoms with E-state index in [1.807, 2.05) is 0 Å². The first-order valence-electron chi connectivity index (χ1n) is 28.0. The number of hydrogen-bond acceptors (Lipinski definition) is 19. The Morgan fingerprint density at radius 1 is 0.573 bits per heavy atom. The molecule has 19 nitrogen and oxygen atoms in total. The zero-order chi connectivity index (χ0) is 69.7. The Labute approximate surface area is 511 Å². The maximum absolute atomic E-state index is 13.5. The van der Waals surface area contributed by atoms with Gasteiger partial charge in [-0.3, -0.25) is 4.79 Å². The molecule has 3 aliphatic carbocycles. The molecule has 508 valence electrons. The molecule has 2 bridgehead atoms. The Bertz CT molecular complexity index is 2480. The first-order chi connectivity index (χ1) is 40.8. The molecule has 7 unspecified atom stereocenters. The number of aliphatic hydroxyl groups is 1. The highest BCUT2D eigenvalue weighted by Crippen LogP contribution is 2.55. The Morgan fingerprint density at radius 3 is 1.34 bits per heavy atom. The summed E-state index contributed by atoms with van der Waals surface area (Å²) in [5.41, 5.74) is 0.467. The molecule has 7 atom stereocenters. The molecule has 0 amide bonds. The average Bonchev–Trinajstić information content (AvgIpc) is 1.58. The van der Waals surface area contributed by atoms with Crippen molar-refractivity contribution in [1.29, 1.82) is 0 Å². The number of halogens is 10. The van der Waals surface area contributed by atoms with E-state index >= 15 is 0 Å². The number of carbonyl (C=O) groups is 9. The highest BCUT2D eigenvalue weighted by Gasteiger charge is 2.63. The zero-order valence-electron chi connectivity index (χ0n) is 52.0. The molecule has 3 saturated carbocycles. The van der Waals surface area contributed by atoms with Crippen LogP contribution in [0.1, 0.15) is 146 Å². The van der Waals surface area contributed by atoms with Gasteiger partial charge >= 0.3 is 77.9 Å². The molecular formula is C60H84F10O19. The van der Waals surface area contributed by atoms with Crippen LogP contribution in [0.2, 0.25) is 0 Å². The number of rotatable bonds is 21. The molecule has 4 aliphatic rings. The normalized spacial score (nSPS) is 19.3. The monoisotopic (exact) mass is 1300 g/mol. The summed E-state index contributed by atoms with van der Waals surface area (Å²) in [5, 5.41) is 8.19. The second-order valence-corrected chi connectivity index (χ2v) is 20.9. The van der Waals surface area contributed by atoms with Crippen molar-refractivity contribution in [3.05, 3.63) is 72.9 Å². The fourth-order valence-electron chi connectivity index (χ4n) is 8.35. The summed E-state index contributed by atoms with van der Waals surface area (Å²) in [4.78, 5) is 99.6. The molecule has 1 saturated heterocycles. The van der Waals surface area contributed by atoms with Gasteiger partial charge in [-0.05, 0) is 106 Å². The van der Waals surface area contributed by atoms with E-state index in [1.165, 1.54) is 66.7 Å². The molecule has 0 aromatic rings. The van der Waals surface area contributed by atoms with Gasteiger partial charge in [-0.1, -0.05) is 79.5 Å². The van der Waals surface area contributed by atoms with E-state index in [2.05, 4.69) is 74.8 Å². The predicted molar refractivity (Wildman–Crippen MR) is 299 cm³/mol. The number of ether oxygens (including phenoxy) is 9. The van der Waals surface area contributed by atoms with Gasteiger partial charge in [0.2, 0.25) is 0 Å². The third-order valence-corrected chi connectivity index (χ3v) is 13.2. The molecule has 0 radical (unpaired) electrons. The van der Waals surface area contributed by atoms with Crippen LogP contribution < -0.4 is 0 Å². The van der Waals surface area contributed by atoms with E-state index in [0.717, 1.165) is 46.1 Å². The van der Waals surface area contributed by atoms with Gasteiger partial charge in [-0.15, -0.1) is 0 Å². The van der Waals surface area contributed by atoms with Gasteiger partial charge in [0.25, 0.3) is 6.10 Å². The smallest absolute Gasteiger partial charge is 0.434 e. The minimum Gasteiger partial charge on any atom is -0.464 e. The first kappa shape index (κ1) is 84.0. The van der Waals surface area contributed by atoms with Crippen molar-refractivity contribution in [1.82, 2.24) is 0 Å². The maximum Gasteiger partial charge on any atom is 0.434 e. The Balaban J connectivity index is 0. The molecule has 4 fully saturated rings. The number of methoxy groups -OCH3 is 1. The molecule has 4 rings (SSSR count). The lowest BCUT2D eigenvalue weighted by Crippen LogP contribution is -2.45. The van der Waals surface area contributed by atoms with Gasteiger partial charge in [0.1, 0.15) is 24.4 Å². The molecule has 0 aromatic heterocycles. The van der Waals surface area contributed by atoms with E-state index in [9.17, 15) is 87.1 Å². The summed E-state index contributed by atoms with van der Waals surface area (Å²) >= 11 is 0. The number of carbonyl (C=O) groups excluding carboxylic acids is 9. The van der Waals surface area contributed by atoms with Crippen LogP contribution in [0.15, 0.2) is 72.9 Å². The van der Waals surface area contributed by atoms with Gasteiger partial charge in [0, 0.05) is 45.3 Å². The van der Waals surface area contributed by atoms with E-state index in [1.54, 1.807) is 20.8 Å². The summed E-state index contributed by atoms with van der Waals surface area (Å²) in [6, 6.07) is 0. The maximum atomic E-state index is 13.5. The molecular weight excluding hydrogens is 1210 g/mol. The van der Waals surface area contributed by atoms with Crippen molar-refractivity contribution >= 4 is 53.7 Å². The average molecular weight is 1300 g/mol. The number of hydrogen-bond donors (Lipinski definition) is 1. The predicted octanol–water partition coefficient (Wildman–Crippen LogP) is 11.5. The minimum absolute atomic E-state index is 0.0110. The second kappa shape index (κ2) is 38.5. The Kier molecular flexibility index (Phi) is 36.3. The number of aliphatic hydroxyl groups excluding tert-OH is 1. The highest BCUT2D eigenvalue weighted by atomic mass is 19.4. The summed E-state index contributed by atoms with van der Waals surface area (Å²) < 4.78 is 166. The lowest BCUT2D eigenvalue weighted by Gasteiger charge is -2.34. The van der Waals surface area contributed by atoms with Crippen molar-refractivity contribution in [2.24, 2.45) is 17.8 Å². The van der Waals surface area contributed by atoms with Crippen LogP contribution in [-0.2, 0) is 85.8 Å². The van der Waals surface area contributed by atoms with Crippen LogP contribution >= 0.6 is 0 Å². The minimum atomic E-state index is -5.69. The first-order valence-corrected chi connectivity index (χ1v) is 28.0. The zero-order valence-corrected chi connectivity index (χ0v) is 52.0. The number of fused-ring (bicyclic) bond motifs is 1. The summed E-state index contributed by atoms with van der Waals surface area (Å²) in [6.07, 6.45) is -9.08. The SMILES string of the molecule is C=C(C)C(=O)OC(C(F)(F)F)C(F)(F)F.C=C(C)C(=O)OC(CC)C(F)(F)C(=O)OC.C=C(C)C(=O)OC(CC)C(F)(F)C(=O)OCC.C=C(C)C(=O)OC1(CC)CCCCCCC1.C=C(C)C(=O)OC1C2CC3C(=O)OC1C3C2.C=C(C)C(=O)OCCO. The van der Waals surface area contributed by atoms with Crippen LogP contribution in [0.4, 0.5) is 43.9 Å². The molecule has 0 aromatic carbocycles. The topological polar surface area (TPSA) is 257 Å². The van der Waals surface area contributed by atoms with Gasteiger partial charge in [-0.25, -0.2) is 38.4 Å². The van der Waals surface area contributed by atoms with Crippen molar-refractivity contribution in [2.75, 3.05) is 26.9 Å². The van der Waals surface area contributed by atoms with Crippen molar-refractivity contribution < 1.29 is 135 Å². The Morgan fingerprint density at radius 2 is 0.978 bits per heavy atom. The number of esters is 9. The highest BCUT2D eigenvalue weighted by molar-refractivity contribution is 5.90. The van der Waals surface area contributed by atoms with Gasteiger partial charge < -0.3 is 47.7 Å². The van der Waals surface area contributed by atoms with Crippen molar-refractivity contribution in [2.45, 2.75) is 207 Å². The molecule has 29 heteroatoms. The van der Waals surface area contributed by atoms with E-state index in [0.29, 0.717) is 22.6 Å². The quantitative estimate of drug-likeness (QED) is 0.0485. The van der Waals surface area contributed by atoms with Crippen LogP contribution in [0, 0.1) is 17.8 Å². The van der Waals surface area contributed by atoms with Crippen LogP contribution in [-0.4, -0.2) is 146 Å². The summed E-state index contributed by atoms with van der Waals surface area (Å²) in [5.74, 6) is -15.3. The van der Waals surface area contributed by atoms with E-state index in [4.69, 9.17) is 19.3 Å². The molecule has 89 heavy (non-hydrogen) atoms.